The molecule has 1 aromatic carbocycles. The number of alkyl halides is 1. The number of amides is 1. The van der Waals surface area contributed by atoms with Gasteiger partial charge < -0.3 is 9.73 Å². The highest BCUT2D eigenvalue weighted by molar-refractivity contribution is 6.29. The van der Waals surface area contributed by atoms with Crippen molar-refractivity contribution in [1.82, 2.24) is 0 Å². The van der Waals surface area contributed by atoms with Crippen LogP contribution in [-0.2, 0) is 6.42 Å². The van der Waals surface area contributed by atoms with Crippen molar-refractivity contribution < 1.29 is 9.21 Å². The summed E-state index contributed by atoms with van der Waals surface area (Å²) in [4.78, 5) is 11.8. The lowest BCUT2D eigenvalue weighted by atomic mass is 10.1. The average Bonchev–Trinajstić information content (AvgIpc) is 2.79. The molecule has 0 fully saturated rings. The largest absolute Gasteiger partial charge is 0.440 e. The molecule has 18 heavy (non-hydrogen) atoms. The quantitative estimate of drug-likeness (QED) is 0.863. The molecule has 0 saturated heterocycles. The summed E-state index contributed by atoms with van der Waals surface area (Å²) in [6.45, 7) is 0. The van der Waals surface area contributed by atoms with Crippen molar-refractivity contribution in [2.45, 2.75) is 6.42 Å². The van der Waals surface area contributed by atoms with Crippen LogP contribution in [0.1, 0.15) is 16.1 Å². The summed E-state index contributed by atoms with van der Waals surface area (Å²) in [7, 11) is 0. The van der Waals surface area contributed by atoms with Crippen LogP contribution in [0.2, 0.25) is 5.22 Å². The molecule has 94 valence electrons. The van der Waals surface area contributed by atoms with Gasteiger partial charge in [0.15, 0.2) is 11.0 Å². The molecule has 0 bridgehead atoms. The zero-order valence-electron chi connectivity index (χ0n) is 9.45. The van der Waals surface area contributed by atoms with Gasteiger partial charge in [-0.05, 0) is 47.9 Å². The molecule has 2 aromatic rings. The SMILES string of the molecule is O=C(Nc1ccc(CCCl)cc1)c1ccc(Cl)o1. The molecule has 1 N–H and O–H groups in total. The predicted molar refractivity (Wildman–Crippen MR) is 72.5 cm³/mol. The normalized spacial score (nSPS) is 10.3. The number of benzene rings is 1. The van der Waals surface area contributed by atoms with Crippen LogP contribution in [-0.4, -0.2) is 11.8 Å². The van der Waals surface area contributed by atoms with Crippen LogP contribution in [0.25, 0.3) is 0 Å². The Balaban J connectivity index is 2.03. The lowest BCUT2D eigenvalue weighted by molar-refractivity contribution is 0.0997. The molecule has 0 saturated carbocycles. The van der Waals surface area contributed by atoms with Crippen molar-refractivity contribution in [3.63, 3.8) is 0 Å². The summed E-state index contributed by atoms with van der Waals surface area (Å²) in [6, 6.07) is 10.6. The first-order chi connectivity index (χ1) is 8.69. The number of hydrogen-bond acceptors (Lipinski definition) is 2. The molecule has 2 rings (SSSR count). The van der Waals surface area contributed by atoms with E-state index >= 15 is 0 Å². The number of halogens is 2. The number of anilines is 1. The van der Waals surface area contributed by atoms with Crippen LogP contribution in [0, 0.1) is 0 Å². The lowest BCUT2D eigenvalue weighted by Gasteiger charge is -2.04. The van der Waals surface area contributed by atoms with Crippen LogP contribution in [0.15, 0.2) is 40.8 Å². The molecule has 0 aliphatic heterocycles. The second kappa shape index (κ2) is 5.94. The molecule has 1 aromatic heterocycles. The fourth-order valence-corrected chi connectivity index (χ4v) is 1.86. The van der Waals surface area contributed by atoms with E-state index in [0.29, 0.717) is 11.6 Å². The molecule has 3 nitrogen and oxygen atoms in total. The first kappa shape index (κ1) is 13.0. The highest BCUT2D eigenvalue weighted by Crippen LogP contribution is 2.16. The van der Waals surface area contributed by atoms with Gasteiger partial charge in [0.05, 0.1) is 0 Å². The van der Waals surface area contributed by atoms with E-state index < -0.39 is 0 Å². The number of nitrogens with one attached hydrogen (secondary N) is 1. The molecule has 0 atom stereocenters. The molecule has 0 aliphatic rings. The average molecular weight is 284 g/mol. The molecule has 0 spiro atoms. The van der Waals surface area contributed by atoms with Gasteiger partial charge in [-0.1, -0.05) is 12.1 Å². The smallest absolute Gasteiger partial charge is 0.291 e. The van der Waals surface area contributed by atoms with Crippen LogP contribution in [0.4, 0.5) is 5.69 Å². The Kier molecular flexibility index (Phi) is 4.28. The monoisotopic (exact) mass is 283 g/mol. The first-order valence-electron chi connectivity index (χ1n) is 5.40. The van der Waals surface area contributed by atoms with Crippen LogP contribution < -0.4 is 5.32 Å². The second-order valence-corrected chi connectivity index (χ2v) is 4.44. The third kappa shape index (κ3) is 3.28. The molecule has 1 heterocycles. The van der Waals surface area contributed by atoms with Gasteiger partial charge in [0.2, 0.25) is 0 Å². The highest BCUT2D eigenvalue weighted by atomic mass is 35.5. The van der Waals surface area contributed by atoms with E-state index in [1.807, 2.05) is 24.3 Å². The van der Waals surface area contributed by atoms with E-state index in [4.69, 9.17) is 27.6 Å². The predicted octanol–water partition coefficient (Wildman–Crippen LogP) is 3.97. The van der Waals surface area contributed by atoms with E-state index in [2.05, 4.69) is 5.32 Å². The number of furan rings is 1. The van der Waals surface area contributed by atoms with E-state index in [1.54, 1.807) is 0 Å². The maximum atomic E-state index is 11.8. The van der Waals surface area contributed by atoms with E-state index in [0.717, 1.165) is 12.0 Å². The summed E-state index contributed by atoms with van der Waals surface area (Å²) < 4.78 is 5.02. The summed E-state index contributed by atoms with van der Waals surface area (Å²) >= 11 is 11.3. The molecule has 0 radical (unpaired) electrons. The number of carbonyl (C=O) groups excluding carboxylic acids is 1. The molecular formula is C13H11Cl2NO2. The van der Waals surface area contributed by atoms with Gasteiger partial charge in [0.25, 0.3) is 5.91 Å². The maximum Gasteiger partial charge on any atom is 0.291 e. The number of hydrogen-bond donors (Lipinski definition) is 1. The molecule has 0 aliphatic carbocycles. The van der Waals surface area contributed by atoms with Gasteiger partial charge in [-0.3, -0.25) is 4.79 Å². The Bertz CT molecular complexity index is 534. The van der Waals surface area contributed by atoms with Gasteiger partial charge in [-0.15, -0.1) is 11.6 Å². The summed E-state index contributed by atoms with van der Waals surface area (Å²) in [5.41, 5.74) is 1.83. The van der Waals surface area contributed by atoms with Crippen LogP contribution in [0.5, 0.6) is 0 Å². The van der Waals surface area contributed by atoms with Crippen molar-refractivity contribution in [3.05, 3.63) is 52.9 Å². The Labute approximate surface area is 115 Å². The van der Waals surface area contributed by atoms with E-state index in [9.17, 15) is 4.79 Å². The van der Waals surface area contributed by atoms with Gasteiger partial charge >= 0.3 is 0 Å². The minimum absolute atomic E-state index is 0.185. The van der Waals surface area contributed by atoms with E-state index in [-0.39, 0.29) is 16.9 Å². The highest BCUT2D eigenvalue weighted by Gasteiger charge is 2.10. The topological polar surface area (TPSA) is 42.2 Å². The van der Waals surface area contributed by atoms with Crippen LogP contribution >= 0.6 is 23.2 Å². The molecule has 5 heteroatoms. The Morgan fingerprint density at radius 1 is 1.17 bits per heavy atom. The lowest BCUT2D eigenvalue weighted by Crippen LogP contribution is -2.10. The maximum absolute atomic E-state index is 11.8. The van der Waals surface area contributed by atoms with E-state index in [1.165, 1.54) is 12.1 Å². The van der Waals surface area contributed by atoms with Crippen LogP contribution in [0.3, 0.4) is 0 Å². The Morgan fingerprint density at radius 2 is 1.89 bits per heavy atom. The second-order valence-electron chi connectivity index (χ2n) is 3.69. The first-order valence-corrected chi connectivity index (χ1v) is 6.32. The van der Waals surface area contributed by atoms with Gasteiger partial charge in [0.1, 0.15) is 0 Å². The molecule has 0 unspecified atom stereocenters. The number of rotatable bonds is 4. The van der Waals surface area contributed by atoms with Crippen molar-refractivity contribution >= 4 is 34.8 Å². The fourth-order valence-electron chi connectivity index (χ4n) is 1.49. The van der Waals surface area contributed by atoms with Gasteiger partial charge in [-0.2, -0.15) is 0 Å². The van der Waals surface area contributed by atoms with Crippen molar-refractivity contribution in [2.75, 3.05) is 11.2 Å². The van der Waals surface area contributed by atoms with Crippen molar-refractivity contribution in [2.24, 2.45) is 0 Å². The summed E-state index contributed by atoms with van der Waals surface area (Å²) in [5.74, 6) is 0.438. The minimum Gasteiger partial charge on any atom is -0.440 e. The molecule has 1 amide bonds. The third-order valence-corrected chi connectivity index (χ3v) is 2.78. The molecular weight excluding hydrogens is 273 g/mol. The number of aryl methyl sites for hydroxylation is 1. The Morgan fingerprint density at radius 3 is 2.44 bits per heavy atom. The minimum atomic E-state index is -0.327. The third-order valence-electron chi connectivity index (χ3n) is 2.39. The van der Waals surface area contributed by atoms with Crippen molar-refractivity contribution in [3.8, 4) is 0 Å². The zero-order valence-corrected chi connectivity index (χ0v) is 11.0. The van der Waals surface area contributed by atoms with Gasteiger partial charge in [0, 0.05) is 11.6 Å². The fraction of sp³-hybridized carbons (Fsp3) is 0.154. The zero-order chi connectivity index (χ0) is 13.0. The number of carbonyl (C=O) groups is 1. The van der Waals surface area contributed by atoms with Gasteiger partial charge in [-0.25, -0.2) is 0 Å². The standard InChI is InChI=1S/C13H11Cl2NO2/c14-8-7-9-1-3-10(4-2-9)16-13(17)11-5-6-12(15)18-11/h1-6H,7-8H2,(H,16,17). The summed E-state index contributed by atoms with van der Waals surface area (Å²) in [6.07, 6.45) is 0.809. The Hall–Kier alpha value is -1.45. The summed E-state index contributed by atoms with van der Waals surface area (Å²) in [5, 5.41) is 2.91. The van der Waals surface area contributed by atoms with Crippen molar-refractivity contribution in [1.29, 1.82) is 0 Å².